The van der Waals surface area contributed by atoms with Crippen LogP contribution < -0.4 is 0 Å². The van der Waals surface area contributed by atoms with E-state index in [9.17, 15) is 4.79 Å². The predicted octanol–water partition coefficient (Wildman–Crippen LogP) is 3.70. The van der Waals surface area contributed by atoms with Gasteiger partial charge in [0.15, 0.2) is 0 Å². The van der Waals surface area contributed by atoms with Crippen LogP contribution in [0.3, 0.4) is 0 Å². The molecule has 112 valence electrons. The van der Waals surface area contributed by atoms with E-state index in [1.54, 1.807) is 4.90 Å². The lowest BCUT2D eigenvalue weighted by atomic mass is 9.73. The number of nitrogens with zero attached hydrogens (tertiary/aromatic N) is 1. The molecule has 3 heteroatoms. The van der Waals surface area contributed by atoms with Crippen LogP contribution in [0.5, 0.6) is 0 Å². The van der Waals surface area contributed by atoms with Crippen molar-refractivity contribution < 1.29 is 4.79 Å². The third kappa shape index (κ3) is 3.79. The summed E-state index contributed by atoms with van der Waals surface area (Å²) in [6.45, 7) is 10.8. The molecule has 4 unspecified atom stereocenters. The molecule has 0 saturated heterocycles. The Kier molecular flexibility index (Phi) is 6.14. The third-order valence-corrected chi connectivity index (χ3v) is 4.85. The molecule has 0 radical (unpaired) electrons. The quantitative estimate of drug-likeness (QED) is 0.440. The molecule has 0 bridgehead atoms. The molecule has 0 aromatic heterocycles. The van der Waals surface area contributed by atoms with Gasteiger partial charge in [-0.1, -0.05) is 31.4 Å². The molecule has 0 saturated carbocycles. The molecule has 4 atom stereocenters. The molecular weight excluding hydrogens is 270 g/mol. The maximum Gasteiger partial charge on any atom is 0.242 e. The lowest BCUT2D eigenvalue weighted by Crippen LogP contribution is -2.46. The van der Waals surface area contributed by atoms with Crippen LogP contribution in [0.1, 0.15) is 41.0 Å². The fourth-order valence-electron chi connectivity index (χ4n) is 2.91. The van der Waals surface area contributed by atoms with Gasteiger partial charge in [-0.05, 0) is 39.0 Å². The van der Waals surface area contributed by atoms with Gasteiger partial charge in [0.2, 0.25) is 5.91 Å². The van der Waals surface area contributed by atoms with Gasteiger partial charge in [-0.3, -0.25) is 4.79 Å². The topological polar surface area (TPSA) is 20.3 Å². The molecule has 1 amide bonds. The van der Waals surface area contributed by atoms with Gasteiger partial charge < -0.3 is 4.90 Å². The second kappa shape index (κ2) is 7.18. The van der Waals surface area contributed by atoms with Crippen LogP contribution in [-0.2, 0) is 4.79 Å². The average molecular weight is 296 g/mol. The summed E-state index contributed by atoms with van der Waals surface area (Å²) in [6, 6.07) is 0.0706. The van der Waals surface area contributed by atoms with Crippen molar-refractivity contribution in [2.75, 3.05) is 6.54 Å². The standard InChI is InChI=1S/C17H26ClNO/c1-7-8-19(11(2)3)17(20)16(18)15-10-12(4)9-13(5)14(15)6/h1,10-11,13-16H,8-9H2,2-6H3. The van der Waals surface area contributed by atoms with Crippen LogP contribution in [0.15, 0.2) is 11.6 Å². The van der Waals surface area contributed by atoms with Gasteiger partial charge in [-0.15, -0.1) is 18.0 Å². The van der Waals surface area contributed by atoms with Crippen molar-refractivity contribution in [1.29, 1.82) is 0 Å². The van der Waals surface area contributed by atoms with E-state index in [0.29, 0.717) is 18.4 Å². The first-order valence-corrected chi connectivity index (χ1v) is 7.78. The summed E-state index contributed by atoms with van der Waals surface area (Å²) in [7, 11) is 0. The number of rotatable bonds is 4. The minimum Gasteiger partial charge on any atom is -0.328 e. The molecule has 0 N–H and O–H groups in total. The van der Waals surface area contributed by atoms with Gasteiger partial charge >= 0.3 is 0 Å². The molecule has 1 rings (SSSR count). The Bertz CT molecular complexity index is 421. The molecule has 0 heterocycles. The van der Waals surface area contributed by atoms with Crippen molar-refractivity contribution in [3.63, 3.8) is 0 Å². The molecule has 1 aliphatic carbocycles. The van der Waals surface area contributed by atoms with Crippen LogP contribution >= 0.6 is 11.6 Å². The van der Waals surface area contributed by atoms with Gasteiger partial charge in [0, 0.05) is 12.0 Å². The molecule has 2 nitrogen and oxygen atoms in total. The average Bonchev–Trinajstić information content (AvgIpc) is 2.38. The van der Waals surface area contributed by atoms with Crippen molar-refractivity contribution in [3.8, 4) is 12.3 Å². The first-order chi connectivity index (χ1) is 9.29. The summed E-state index contributed by atoms with van der Waals surface area (Å²) in [5, 5.41) is -0.529. The Hall–Kier alpha value is -0.940. The fraction of sp³-hybridized carbons (Fsp3) is 0.706. The highest BCUT2D eigenvalue weighted by molar-refractivity contribution is 6.31. The Balaban J connectivity index is 2.92. The first-order valence-electron chi connectivity index (χ1n) is 7.34. The van der Waals surface area contributed by atoms with E-state index < -0.39 is 5.38 Å². The highest BCUT2D eigenvalue weighted by Gasteiger charge is 2.36. The number of terminal acetylenes is 1. The van der Waals surface area contributed by atoms with Crippen LogP contribution in [0, 0.1) is 30.1 Å². The first kappa shape index (κ1) is 17.1. The maximum atomic E-state index is 12.6. The molecule has 0 aliphatic heterocycles. The Morgan fingerprint density at radius 2 is 2.15 bits per heavy atom. The molecule has 0 aromatic carbocycles. The van der Waals surface area contributed by atoms with Crippen molar-refractivity contribution >= 4 is 17.5 Å². The van der Waals surface area contributed by atoms with Crippen LogP contribution in [-0.4, -0.2) is 28.8 Å². The highest BCUT2D eigenvalue weighted by Crippen LogP contribution is 2.37. The second-order valence-electron chi connectivity index (χ2n) is 6.30. The summed E-state index contributed by atoms with van der Waals surface area (Å²) in [5.74, 6) is 3.55. The molecule has 0 fully saturated rings. The van der Waals surface area contributed by atoms with Crippen molar-refractivity contribution in [1.82, 2.24) is 4.90 Å². The normalized spacial score (nSPS) is 27.7. The molecule has 0 aromatic rings. The predicted molar refractivity (Wildman–Crippen MR) is 85.5 cm³/mol. The fourth-order valence-corrected chi connectivity index (χ4v) is 3.34. The van der Waals surface area contributed by atoms with E-state index in [1.807, 2.05) is 13.8 Å². The highest BCUT2D eigenvalue weighted by atomic mass is 35.5. The van der Waals surface area contributed by atoms with Crippen molar-refractivity contribution in [2.45, 2.75) is 52.5 Å². The zero-order chi connectivity index (χ0) is 15.4. The van der Waals surface area contributed by atoms with E-state index in [-0.39, 0.29) is 17.9 Å². The number of hydrogen-bond donors (Lipinski definition) is 0. The lowest BCUT2D eigenvalue weighted by Gasteiger charge is -2.36. The van der Waals surface area contributed by atoms with Crippen molar-refractivity contribution in [3.05, 3.63) is 11.6 Å². The number of alkyl halides is 1. The summed E-state index contributed by atoms with van der Waals surface area (Å²) < 4.78 is 0. The largest absolute Gasteiger partial charge is 0.328 e. The number of carbonyl (C=O) groups excluding carboxylic acids is 1. The number of hydrogen-bond acceptors (Lipinski definition) is 1. The van der Waals surface area contributed by atoms with Crippen LogP contribution in [0.2, 0.25) is 0 Å². The Morgan fingerprint density at radius 1 is 1.55 bits per heavy atom. The smallest absolute Gasteiger partial charge is 0.242 e. The number of carbonyl (C=O) groups is 1. The van der Waals surface area contributed by atoms with Gasteiger partial charge in [-0.25, -0.2) is 0 Å². The third-order valence-electron chi connectivity index (χ3n) is 4.37. The number of allylic oxidation sites excluding steroid dienone is 2. The minimum atomic E-state index is -0.529. The van der Waals surface area contributed by atoms with Gasteiger partial charge in [0.05, 0.1) is 6.54 Å². The van der Waals surface area contributed by atoms with Gasteiger partial charge in [-0.2, -0.15) is 0 Å². The van der Waals surface area contributed by atoms with Crippen LogP contribution in [0.25, 0.3) is 0 Å². The zero-order valence-corrected chi connectivity index (χ0v) is 13.9. The molecule has 0 spiro atoms. The monoisotopic (exact) mass is 295 g/mol. The summed E-state index contributed by atoms with van der Waals surface area (Å²) in [5.41, 5.74) is 1.33. The van der Waals surface area contributed by atoms with Crippen molar-refractivity contribution in [2.24, 2.45) is 17.8 Å². The lowest BCUT2D eigenvalue weighted by molar-refractivity contribution is -0.132. The summed E-state index contributed by atoms with van der Waals surface area (Å²) in [6.07, 6.45) is 8.62. The summed E-state index contributed by atoms with van der Waals surface area (Å²) in [4.78, 5) is 14.3. The van der Waals surface area contributed by atoms with E-state index in [4.69, 9.17) is 18.0 Å². The number of halogens is 1. The minimum absolute atomic E-state index is 0.0467. The van der Waals surface area contributed by atoms with Gasteiger partial charge in [0.1, 0.15) is 5.38 Å². The van der Waals surface area contributed by atoms with E-state index in [0.717, 1.165) is 6.42 Å². The second-order valence-corrected chi connectivity index (χ2v) is 6.77. The van der Waals surface area contributed by atoms with E-state index in [1.165, 1.54) is 5.57 Å². The van der Waals surface area contributed by atoms with E-state index in [2.05, 4.69) is 32.8 Å². The zero-order valence-electron chi connectivity index (χ0n) is 13.2. The molecule has 20 heavy (non-hydrogen) atoms. The SMILES string of the molecule is C#CCN(C(=O)C(Cl)C1C=C(C)CC(C)C1C)C(C)C. The Morgan fingerprint density at radius 3 is 2.65 bits per heavy atom. The van der Waals surface area contributed by atoms with Gasteiger partial charge in [0.25, 0.3) is 0 Å². The van der Waals surface area contributed by atoms with Crippen LogP contribution in [0.4, 0.5) is 0 Å². The summed E-state index contributed by atoms with van der Waals surface area (Å²) >= 11 is 6.51. The number of amides is 1. The molecule has 1 aliphatic rings. The molecular formula is C17H26ClNO. The van der Waals surface area contributed by atoms with E-state index >= 15 is 0 Å². The Labute approximate surface area is 128 Å². The maximum absolute atomic E-state index is 12.6.